The summed E-state index contributed by atoms with van der Waals surface area (Å²) in [7, 11) is 1.62. The van der Waals surface area contributed by atoms with Crippen LogP contribution >= 0.6 is 0 Å². The Morgan fingerprint density at radius 2 is 2.00 bits per heavy atom. The molecule has 8 heteroatoms. The van der Waals surface area contributed by atoms with Crippen LogP contribution in [0.5, 0.6) is 0 Å². The van der Waals surface area contributed by atoms with Gasteiger partial charge in [0.05, 0.1) is 28.5 Å². The second-order valence-corrected chi connectivity index (χ2v) is 9.22. The van der Waals surface area contributed by atoms with Crippen LogP contribution < -0.4 is 15.8 Å². The minimum Gasteiger partial charge on any atom is -0.361 e. The molecule has 0 bridgehead atoms. The number of H-pyrrole nitrogens is 1. The molecule has 0 radical (unpaired) electrons. The summed E-state index contributed by atoms with van der Waals surface area (Å²) in [6, 6.07) is 7.78. The standard InChI is InChI=1S/C24H26N6O2/c1-3-16-9-19-20(28-21(16)31)8-15(10-26-19)12-29-6-7-30(24-13-23(24,29)14-24)17-4-5-18(27-11-17)22(32)25-2/h4-5,8-11H,3,6-7,12-14H2,1-2H3,(H,25,32)(H,28,31). The molecule has 3 aromatic rings. The van der Waals surface area contributed by atoms with Gasteiger partial charge in [0.1, 0.15) is 5.69 Å². The maximum Gasteiger partial charge on any atom is 0.269 e. The molecule has 1 aliphatic heterocycles. The lowest BCUT2D eigenvalue weighted by Gasteiger charge is -2.35. The molecule has 0 atom stereocenters. The van der Waals surface area contributed by atoms with Gasteiger partial charge in [-0.25, -0.2) is 4.98 Å². The second kappa shape index (κ2) is 6.62. The van der Waals surface area contributed by atoms with Gasteiger partial charge in [0.25, 0.3) is 11.5 Å². The van der Waals surface area contributed by atoms with E-state index in [0.717, 1.165) is 60.3 Å². The quantitative estimate of drug-likeness (QED) is 0.642. The molecule has 8 nitrogen and oxygen atoms in total. The number of rotatable bonds is 5. The van der Waals surface area contributed by atoms with Crippen LogP contribution in [0.15, 0.2) is 41.5 Å². The molecular formula is C24H26N6O2. The van der Waals surface area contributed by atoms with E-state index in [1.165, 1.54) is 0 Å². The van der Waals surface area contributed by atoms with Gasteiger partial charge in [-0.3, -0.25) is 19.5 Å². The Morgan fingerprint density at radius 1 is 1.16 bits per heavy atom. The lowest BCUT2D eigenvalue weighted by atomic mass is 10.1. The molecule has 164 valence electrons. The fraction of sp³-hybridized carbons (Fsp3) is 0.417. The monoisotopic (exact) mass is 430 g/mol. The molecule has 2 aliphatic carbocycles. The van der Waals surface area contributed by atoms with Gasteiger partial charge in [-0.15, -0.1) is 0 Å². The van der Waals surface area contributed by atoms with Crippen molar-refractivity contribution >= 4 is 22.6 Å². The molecule has 3 aliphatic rings. The number of aryl methyl sites for hydroxylation is 1. The molecule has 3 fully saturated rings. The third kappa shape index (κ3) is 2.65. The van der Waals surface area contributed by atoms with E-state index in [9.17, 15) is 9.59 Å². The van der Waals surface area contributed by atoms with Crippen molar-refractivity contribution in [3.63, 3.8) is 0 Å². The van der Waals surface area contributed by atoms with E-state index in [4.69, 9.17) is 0 Å². The lowest BCUT2D eigenvalue weighted by molar-refractivity contribution is 0.0958. The average molecular weight is 431 g/mol. The number of fused-ring (bicyclic) bond motifs is 1. The zero-order valence-electron chi connectivity index (χ0n) is 18.3. The summed E-state index contributed by atoms with van der Waals surface area (Å²) in [5.41, 5.74) is 5.50. The second-order valence-electron chi connectivity index (χ2n) is 9.22. The smallest absolute Gasteiger partial charge is 0.269 e. The van der Waals surface area contributed by atoms with Crippen molar-refractivity contribution in [2.45, 2.75) is 43.8 Å². The average Bonchev–Trinajstić information content (AvgIpc) is 3.67. The predicted octanol–water partition coefficient (Wildman–Crippen LogP) is 1.85. The number of pyridine rings is 3. The maximum atomic E-state index is 12.2. The first-order chi connectivity index (χ1) is 15.5. The number of aromatic nitrogens is 3. The van der Waals surface area contributed by atoms with Crippen molar-refractivity contribution in [2.24, 2.45) is 0 Å². The summed E-state index contributed by atoms with van der Waals surface area (Å²) in [6.45, 7) is 4.71. The van der Waals surface area contributed by atoms with Crippen LogP contribution in [0.2, 0.25) is 0 Å². The zero-order chi connectivity index (χ0) is 22.1. The van der Waals surface area contributed by atoms with Crippen molar-refractivity contribution in [2.75, 3.05) is 25.0 Å². The third-order valence-corrected chi connectivity index (χ3v) is 7.60. The molecule has 3 aromatic heterocycles. The van der Waals surface area contributed by atoms with Crippen molar-refractivity contribution in [1.82, 2.24) is 25.2 Å². The topological polar surface area (TPSA) is 94.2 Å². The summed E-state index contributed by atoms with van der Waals surface area (Å²) in [6.07, 6.45) is 6.79. The fourth-order valence-electron chi connectivity index (χ4n) is 5.59. The Balaban J connectivity index is 1.20. The van der Waals surface area contributed by atoms with E-state index in [1.54, 1.807) is 13.1 Å². The molecule has 6 rings (SSSR count). The van der Waals surface area contributed by atoms with E-state index in [0.29, 0.717) is 12.1 Å². The van der Waals surface area contributed by atoms with Crippen LogP contribution in [-0.2, 0) is 13.0 Å². The summed E-state index contributed by atoms with van der Waals surface area (Å²) >= 11 is 0. The maximum absolute atomic E-state index is 12.2. The van der Waals surface area contributed by atoms with Crippen molar-refractivity contribution < 1.29 is 4.79 Å². The molecule has 4 heterocycles. The normalized spacial score (nSPS) is 25.9. The summed E-state index contributed by atoms with van der Waals surface area (Å²) in [5, 5.41) is 2.61. The molecular weight excluding hydrogens is 404 g/mol. The molecule has 2 saturated carbocycles. The van der Waals surface area contributed by atoms with Gasteiger partial charge in [0.2, 0.25) is 0 Å². The molecule has 2 N–H and O–H groups in total. The van der Waals surface area contributed by atoms with Crippen molar-refractivity contribution in [3.05, 3.63) is 63.8 Å². The minimum atomic E-state index is -0.164. The number of amides is 1. The van der Waals surface area contributed by atoms with Crippen molar-refractivity contribution in [1.29, 1.82) is 0 Å². The molecule has 1 saturated heterocycles. The lowest BCUT2D eigenvalue weighted by Crippen LogP contribution is -2.46. The van der Waals surface area contributed by atoms with Gasteiger partial charge < -0.3 is 15.2 Å². The van der Waals surface area contributed by atoms with Crippen LogP contribution in [0.1, 0.15) is 41.4 Å². The number of nitrogens with one attached hydrogen (secondary N) is 2. The van der Waals surface area contributed by atoms with Gasteiger partial charge in [-0.05, 0) is 49.1 Å². The van der Waals surface area contributed by atoms with E-state index < -0.39 is 0 Å². The number of aromatic amines is 1. The fourth-order valence-corrected chi connectivity index (χ4v) is 5.59. The van der Waals surface area contributed by atoms with Crippen molar-refractivity contribution in [3.8, 4) is 0 Å². The van der Waals surface area contributed by atoms with Crippen LogP contribution in [-0.4, -0.2) is 57.0 Å². The Labute approximate surface area is 185 Å². The third-order valence-electron chi connectivity index (χ3n) is 7.60. The summed E-state index contributed by atoms with van der Waals surface area (Å²) < 4.78 is 0. The Morgan fingerprint density at radius 3 is 2.72 bits per heavy atom. The number of hydrogen-bond acceptors (Lipinski definition) is 6. The Kier molecular flexibility index (Phi) is 4.02. The number of anilines is 1. The number of piperazine rings is 1. The molecule has 1 amide bonds. The van der Waals surface area contributed by atoms with Crippen LogP contribution in [0.4, 0.5) is 5.69 Å². The number of nitrogens with zero attached hydrogens (tertiary/aromatic N) is 4. The van der Waals surface area contributed by atoms with Gasteiger partial charge in [-0.2, -0.15) is 0 Å². The van der Waals surface area contributed by atoms with Gasteiger partial charge in [-0.1, -0.05) is 6.92 Å². The Bertz CT molecular complexity index is 1290. The molecule has 0 unspecified atom stereocenters. The highest BCUT2D eigenvalue weighted by Crippen LogP contribution is 2.78. The first-order valence-electron chi connectivity index (χ1n) is 11.2. The zero-order valence-corrected chi connectivity index (χ0v) is 18.3. The number of carbonyl (C=O) groups excluding carboxylic acids is 1. The first-order valence-corrected chi connectivity index (χ1v) is 11.2. The highest BCUT2D eigenvalue weighted by molar-refractivity contribution is 5.92. The molecule has 0 aromatic carbocycles. The van der Waals surface area contributed by atoms with Crippen LogP contribution in [0.25, 0.3) is 11.0 Å². The number of hydrogen-bond donors (Lipinski definition) is 2. The van der Waals surface area contributed by atoms with E-state index in [1.807, 2.05) is 31.5 Å². The van der Waals surface area contributed by atoms with Gasteiger partial charge in [0, 0.05) is 44.0 Å². The molecule has 32 heavy (non-hydrogen) atoms. The van der Waals surface area contributed by atoms with Crippen LogP contribution in [0, 0.1) is 0 Å². The molecule has 0 spiro atoms. The SMILES string of the molecule is CCc1cc2ncc(CN3CCN(c4ccc(C(=O)NC)nc4)C45CC34C5)cc2[nH]c1=O. The van der Waals surface area contributed by atoms with E-state index in [-0.39, 0.29) is 22.5 Å². The minimum absolute atomic E-state index is 0.0226. The Hall–Kier alpha value is -3.26. The first kappa shape index (κ1) is 19.4. The van der Waals surface area contributed by atoms with Crippen LogP contribution in [0.3, 0.4) is 0 Å². The largest absolute Gasteiger partial charge is 0.361 e. The highest BCUT2D eigenvalue weighted by Gasteiger charge is 2.89. The van der Waals surface area contributed by atoms with E-state index >= 15 is 0 Å². The highest BCUT2D eigenvalue weighted by atomic mass is 16.1. The van der Waals surface area contributed by atoms with Gasteiger partial charge >= 0.3 is 0 Å². The number of carbonyl (C=O) groups is 1. The van der Waals surface area contributed by atoms with E-state index in [2.05, 4.69) is 36.1 Å². The predicted molar refractivity (Wildman–Crippen MR) is 122 cm³/mol. The summed E-state index contributed by atoms with van der Waals surface area (Å²) in [5.74, 6) is -0.164. The summed E-state index contributed by atoms with van der Waals surface area (Å²) in [4.78, 5) is 41.0. The van der Waals surface area contributed by atoms with Gasteiger partial charge in [0.15, 0.2) is 0 Å².